The molecule has 0 unspecified atom stereocenters. The van der Waals surface area contributed by atoms with Crippen LogP contribution >= 0.6 is 12.6 Å². The molecule has 0 aromatic heterocycles. The van der Waals surface area contributed by atoms with E-state index in [4.69, 9.17) is 0 Å². The van der Waals surface area contributed by atoms with Crippen LogP contribution in [0.2, 0.25) is 0 Å². The molecule has 2 aromatic carbocycles. The molecule has 2 rings (SSSR count). The highest BCUT2D eigenvalue weighted by molar-refractivity contribution is 7.80. The average molecular weight is 273 g/mol. The summed E-state index contributed by atoms with van der Waals surface area (Å²) >= 11 is 4.47. The van der Waals surface area contributed by atoms with Crippen molar-refractivity contribution in [1.82, 2.24) is 0 Å². The Kier molecular flexibility index (Phi) is 4.41. The molecule has 19 heavy (non-hydrogen) atoms. The highest BCUT2D eigenvalue weighted by Gasteiger charge is 2.20. The lowest BCUT2D eigenvalue weighted by Gasteiger charge is -2.33. The molecule has 0 radical (unpaired) electrons. The third-order valence-corrected chi connectivity index (χ3v) is 4.39. The van der Waals surface area contributed by atoms with Gasteiger partial charge in [-0.05, 0) is 29.5 Å². The number of hydrogen-bond donors (Lipinski definition) is 1. The van der Waals surface area contributed by atoms with Crippen LogP contribution in [0.4, 0.5) is 5.69 Å². The Labute approximate surface area is 122 Å². The fourth-order valence-electron chi connectivity index (χ4n) is 2.42. The quantitative estimate of drug-likeness (QED) is 0.778. The van der Waals surface area contributed by atoms with E-state index in [0.717, 1.165) is 18.8 Å². The zero-order chi connectivity index (χ0) is 13.9. The average Bonchev–Trinajstić information content (AvgIpc) is 2.44. The van der Waals surface area contributed by atoms with E-state index in [1.807, 2.05) is 0 Å². The molecule has 0 spiro atoms. The number of rotatable bonds is 5. The summed E-state index contributed by atoms with van der Waals surface area (Å²) < 4.78 is 0. The molecule has 1 nitrogen and oxygen atoms in total. The maximum absolute atomic E-state index is 4.47. The Balaban J connectivity index is 2.41. The molecule has 0 amide bonds. The van der Waals surface area contributed by atoms with Crippen LogP contribution in [-0.4, -0.2) is 18.8 Å². The van der Waals surface area contributed by atoms with Gasteiger partial charge in [0.2, 0.25) is 0 Å². The summed E-state index contributed by atoms with van der Waals surface area (Å²) in [6.45, 7) is 8.81. The Bertz CT molecular complexity index is 542. The fourth-order valence-corrected chi connectivity index (χ4v) is 2.52. The molecular weight excluding hydrogens is 250 g/mol. The molecule has 0 saturated carbocycles. The van der Waals surface area contributed by atoms with Gasteiger partial charge in [-0.3, -0.25) is 0 Å². The molecule has 0 heterocycles. The van der Waals surface area contributed by atoms with E-state index < -0.39 is 0 Å². The van der Waals surface area contributed by atoms with Crippen LogP contribution in [0.25, 0.3) is 10.8 Å². The number of hydrogen-bond acceptors (Lipinski definition) is 2. The predicted octanol–water partition coefficient (Wildman–Crippen LogP) is 4.62. The Morgan fingerprint density at radius 3 is 2.42 bits per heavy atom. The number of benzene rings is 2. The lowest BCUT2D eigenvalue weighted by molar-refractivity contribution is 0.423. The van der Waals surface area contributed by atoms with E-state index in [9.17, 15) is 0 Å². The third-order valence-electron chi connectivity index (χ3n) is 3.54. The van der Waals surface area contributed by atoms with Crippen molar-refractivity contribution in [3.05, 3.63) is 42.5 Å². The molecule has 2 aromatic rings. The van der Waals surface area contributed by atoms with E-state index >= 15 is 0 Å². The minimum atomic E-state index is 0.218. The Hall–Kier alpha value is -1.15. The van der Waals surface area contributed by atoms with Crippen LogP contribution in [0.15, 0.2) is 42.5 Å². The normalized spacial score (nSPS) is 11.8. The SMILES string of the molecule is CCN(CC(C)(C)CS)c1cccc2ccccc12. The first kappa shape index (κ1) is 14.3. The molecule has 0 aliphatic heterocycles. The summed E-state index contributed by atoms with van der Waals surface area (Å²) in [5, 5.41) is 2.64. The van der Waals surface area contributed by atoms with Crippen molar-refractivity contribution in [1.29, 1.82) is 0 Å². The van der Waals surface area contributed by atoms with Gasteiger partial charge in [-0.2, -0.15) is 12.6 Å². The van der Waals surface area contributed by atoms with Crippen molar-refractivity contribution in [2.75, 3.05) is 23.7 Å². The highest BCUT2D eigenvalue weighted by atomic mass is 32.1. The van der Waals surface area contributed by atoms with Gasteiger partial charge in [-0.25, -0.2) is 0 Å². The van der Waals surface area contributed by atoms with Gasteiger partial charge in [0.05, 0.1) is 0 Å². The van der Waals surface area contributed by atoms with Crippen molar-refractivity contribution >= 4 is 29.1 Å². The van der Waals surface area contributed by atoms with Gasteiger partial charge >= 0.3 is 0 Å². The van der Waals surface area contributed by atoms with Crippen LogP contribution in [-0.2, 0) is 0 Å². The van der Waals surface area contributed by atoms with E-state index in [1.165, 1.54) is 16.5 Å². The summed E-state index contributed by atoms with van der Waals surface area (Å²) in [5.74, 6) is 0.897. The molecule has 0 aliphatic carbocycles. The molecule has 0 N–H and O–H groups in total. The van der Waals surface area contributed by atoms with Crippen LogP contribution in [0.5, 0.6) is 0 Å². The summed E-state index contributed by atoms with van der Waals surface area (Å²) in [7, 11) is 0. The maximum atomic E-state index is 4.47. The van der Waals surface area contributed by atoms with Crippen LogP contribution in [0, 0.1) is 5.41 Å². The lowest BCUT2D eigenvalue weighted by atomic mass is 9.95. The minimum Gasteiger partial charge on any atom is -0.371 e. The monoisotopic (exact) mass is 273 g/mol. The lowest BCUT2D eigenvalue weighted by Crippen LogP contribution is -2.35. The molecule has 0 aliphatic rings. The molecule has 0 bridgehead atoms. The predicted molar refractivity (Wildman–Crippen MR) is 89.5 cm³/mol. The summed E-state index contributed by atoms with van der Waals surface area (Å²) in [4.78, 5) is 2.46. The van der Waals surface area contributed by atoms with Crippen LogP contribution in [0.1, 0.15) is 20.8 Å². The van der Waals surface area contributed by atoms with Gasteiger partial charge in [0.1, 0.15) is 0 Å². The second kappa shape index (κ2) is 5.87. The van der Waals surface area contributed by atoms with Crippen molar-refractivity contribution in [3.63, 3.8) is 0 Å². The third kappa shape index (κ3) is 3.24. The zero-order valence-electron chi connectivity index (χ0n) is 12.1. The second-order valence-electron chi connectivity index (χ2n) is 5.83. The number of anilines is 1. The maximum Gasteiger partial charge on any atom is 0.0445 e. The second-order valence-corrected chi connectivity index (χ2v) is 6.15. The van der Waals surface area contributed by atoms with Gasteiger partial charge in [0.15, 0.2) is 0 Å². The van der Waals surface area contributed by atoms with Crippen molar-refractivity contribution < 1.29 is 0 Å². The molecular formula is C17H23NS. The summed E-state index contributed by atoms with van der Waals surface area (Å²) in [6.07, 6.45) is 0. The number of thiol groups is 1. The van der Waals surface area contributed by atoms with Crippen molar-refractivity contribution in [2.24, 2.45) is 5.41 Å². The standard InChI is InChI=1S/C17H23NS/c1-4-18(12-17(2,3)13-19)16-11-7-9-14-8-5-6-10-15(14)16/h5-11,19H,4,12-13H2,1-3H3. The summed E-state index contributed by atoms with van der Waals surface area (Å²) in [6, 6.07) is 15.1. The highest BCUT2D eigenvalue weighted by Crippen LogP contribution is 2.29. The van der Waals surface area contributed by atoms with Gasteiger partial charge in [-0.15, -0.1) is 0 Å². The van der Waals surface area contributed by atoms with E-state index in [0.29, 0.717) is 0 Å². The van der Waals surface area contributed by atoms with Gasteiger partial charge in [0, 0.05) is 24.2 Å². The zero-order valence-corrected chi connectivity index (χ0v) is 13.0. The van der Waals surface area contributed by atoms with Crippen LogP contribution in [0.3, 0.4) is 0 Å². The van der Waals surface area contributed by atoms with Crippen molar-refractivity contribution in [3.8, 4) is 0 Å². The van der Waals surface area contributed by atoms with E-state index in [2.05, 4.69) is 80.8 Å². The topological polar surface area (TPSA) is 3.24 Å². The van der Waals surface area contributed by atoms with E-state index in [-0.39, 0.29) is 5.41 Å². The first-order valence-corrected chi connectivity index (χ1v) is 7.54. The van der Waals surface area contributed by atoms with Gasteiger partial charge in [-0.1, -0.05) is 50.2 Å². The van der Waals surface area contributed by atoms with Crippen LogP contribution < -0.4 is 4.90 Å². The first-order valence-electron chi connectivity index (χ1n) is 6.91. The molecule has 2 heteroatoms. The molecule has 0 atom stereocenters. The van der Waals surface area contributed by atoms with Gasteiger partial charge in [0.25, 0.3) is 0 Å². The minimum absolute atomic E-state index is 0.218. The first-order chi connectivity index (χ1) is 9.07. The number of nitrogens with zero attached hydrogens (tertiary/aromatic N) is 1. The number of fused-ring (bicyclic) bond motifs is 1. The molecule has 0 fully saturated rings. The van der Waals surface area contributed by atoms with Crippen molar-refractivity contribution in [2.45, 2.75) is 20.8 Å². The van der Waals surface area contributed by atoms with Gasteiger partial charge < -0.3 is 4.90 Å². The fraction of sp³-hybridized carbons (Fsp3) is 0.412. The Morgan fingerprint density at radius 2 is 1.74 bits per heavy atom. The summed E-state index contributed by atoms with van der Waals surface area (Å²) in [5.41, 5.74) is 1.55. The van der Waals surface area contributed by atoms with E-state index in [1.54, 1.807) is 0 Å². The molecule has 102 valence electrons. The Morgan fingerprint density at radius 1 is 1.05 bits per heavy atom. The smallest absolute Gasteiger partial charge is 0.0445 e. The molecule has 0 saturated heterocycles. The largest absolute Gasteiger partial charge is 0.371 e.